The first-order valence-electron chi connectivity index (χ1n) is 9.74. The van der Waals surface area contributed by atoms with E-state index in [0.29, 0.717) is 17.8 Å². The van der Waals surface area contributed by atoms with E-state index < -0.39 is 5.92 Å². The molecule has 1 unspecified atom stereocenters. The van der Waals surface area contributed by atoms with Gasteiger partial charge in [-0.2, -0.15) is 0 Å². The number of nitrogens with zero attached hydrogens (tertiary/aromatic N) is 2. The van der Waals surface area contributed by atoms with Crippen molar-refractivity contribution in [3.63, 3.8) is 0 Å². The van der Waals surface area contributed by atoms with Crippen molar-refractivity contribution in [1.82, 2.24) is 4.98 Å². The Morgan fingerprint density at radius 1 is 1.17 bits per heavy atom. The van der Waals surface area contributed by atoms with Crippen LogP contribution in [-0.2, 0) is 9.59 Å². The van der Waals surface area contributed by atoms with Gasteiger partial charge in [-0.05, 0) is 56.0 Å². The third kappa shape index (κ3) is 3.94. The summed E-state index contributed by atoms with van der Waals surface area (Å²) < 4.78 is 0.917. The summed E-state index contributed by atoms with van der Waals surface area (Å²) in [5.41, 5.74) is 4.22. The average molecular weight is 452 g/mol. The number of aliphatic imine (C=N–C) groups is 1. The maximum atomic E-state index is 13.3. The number of pyridine rings is 1. The molecule has 0 spiro atoms. The highest BCUT2D eigenvalue weighted by Crippen LogP contribution is 2.43. The Morgan fingerprint density at radius 3 is 2.72 bits per heavy atom. The lowest BCUT2D eigenvalue weighted by molar-refractivity contribution is -0.119. The molecule has 0 radical (unpaired) electrons. The number of amides is 1. The highest BCUT2D eigenvalue weighted by atomic mass is 79.9. The highest BCUT2D eigenvalue weighted by Gasteiger charge is 2.42. The molecule has 0 saturated heterocycles. The van der Waals surface area contributed by atoms with E-state index in [9.17, 15) is 9.59 Å². The zero-order valence-corrected chi connectivity index (χ0v) is 18.0. The summed E-state index contributed by atoms with van der Waals surface area (Å²) in [6.07, 6.45) is 3.81. The van der Waals surface area contributed by atoms with E-state index in [0.717, 1.165) is 39.8 Å². The number of anilines is 1. The number of ketones is 1. The number of allylic oxidation sites excluding steroid dienone is 2. The van der Waals surface area contributed by atoms with Crippen LogP contribution in [0.25, 0.3) is 0 Å². The zero-order valence-electron chi connectivity index (χ0n) is 16.4. The van der Waals surface area contributed by atoms with Crippen LogP contribution in [0.4, 0.5) is 5.82 Å². The van der Waals surface area contributed by atoms with Crippen LogP contribution in [0.15, 0.2) is 63.3 Å². The molecule has 148 valence electrons. The number of benzene rings is 1. The monoisotopic (exact) mass is 451 g/mol. The third-order valence-electron chi connectivity index (χ3n) is 5.49. The molecule has 0 fully saturated rings. The number of halogens is 1. The highest BCUT2D eigenvalue weighted by molar-refractivity contribution is 9.10. The molecular weight excluding hydrogens is 430 g/mol. The Morgan fingerprint density at radius 2 is 2.00 bits per heavy atom. The Labute approximate surface area is 178 Å². The summed E-state index contributed by atoms with van der Waals surface area (Å²) in [5.74, 6) is -0.515. The molecule has 4 rings (SSSR count). The summed E-state index contributed by atoms with van der Waals surface area (Å²) in [6.45, 7) is 3.82. The van der Waals surface area contributed by atoms with E-state index in [1.54, 1.807) is 12.3 Å². The first-order chi connectivity index (χ1) is 13.9. The van der Waals surface area contributed by atoms with E-state index in [1.807, 2.05) is 44.2 Å². The molecule has 0 saturated carbocycles. The van der Waals surface area contributed by atoms with Gasteiger partial charge in [0.05, 0.1) is 5.92 Å². The number of aryl methyl sites for hydroxylation is 1. The third-order valence-corrected chi connectivity index (χ3v) is 5.98. The summed E-state index contributed by atoms with van der Waals surface area (Å²) in [4.78, 5) is 35.2. The topological polar surface area (TPSA) is 71.4 Å². The SMILES string of the molecule is CC1=NC2=C(C(=O)CCC2)[C@@H](c2cccc(Br)c2)C1C(=O)Nc1ccc(C)cn1. The van der Waals surface area contributed by atoms with Crippen molar-refractivity contribution in [2.24, 2.45) is 10.9 Å². The van der Waals surface area contributed by atoms with E-state index in [2.05, 4.69) is 26.2 Å². The fourth-order valence-corrected chi connectivity index (χ4v) is 4.57. The number of carbonyl (C=O) groups is 2. The maximum absolute atomic E-state index is 13.3. The second-order valence-electron chi connectivity index (χ2n) is 7.61. The molecule has 1 N–H and O–H groups in total. The predicted molar refractivity (Wildman–Crippen MR) is 117 cm³/mol. The van der Waals surface area contributed by atoms with Crippen molar-refractivity contribution in [3.8, 4) is 0 Å². The molecule has 5 nitrogen and oxygen atoms in total. The van der Waals surface area contributed by atoms with Crippen molar-refractivity contribution >= 4 is 39.1 Å². The molecule has 1 amide bonds. The molecule has 2 aromatic rings. The van der Waals surface area contributed by atoms with Gasteiger partial charge in [-0.15, -0.1) is 0 Å². The zero-order chi connectivity index (χ0) is 20.5. The van der Waals surface area contributed by atoms with Crippen molar-refractivity contribution in [2.45, 2.75) is 39.0 Å². The first kappa shape index (κ1) is 19.7. The number of aromatic nitrogens is 1. The summed E-state index contributed by atoms with van der Waals surface area (Å²) >= 11 is 3.52. The minimum Gasteiger partial charge on any atom is -0.310 e. The van der Waals surface area contributed by atoms with Crippen molar-refractivity contribution in [1.29, 1.82) is 0 Å². The molecule has 1 aliphatic carbocycles. The van der Waals surface area contributed by atoms with E-state index in [1.165, 1.54) is 0 Å². The van der Waals surface area contributed by atoms with Crippen LogP contribution in [0, 0.1) is 12.8 Å². The minimum absolute atomic E-state index is 0.0961. The smallest absolute Gasteiger partial charge is 0.235 e. The van der Waals surface area contributed by atoms with Crippen LogP contribution in [-0.4, -0.2) is 22.4 Å². The lowest BCUT2D eigenvalue weighted by Crippen LogP contribution is -2.39. The van der Waals surface area contributed by atoms with E-state index in [-0.39, 0.29) is 17.6 Å². The fraction of sp³-hybridized carbons (Fsp3) is 0.304. The second kappa shape index (κ2) is 8.03. The van der Waals surface area contributed by atoms with Gasteiger partial charge in [0.25, 0.3) is 0 Å². The number of hydrogen-bond acceptors (Lipinski definition) is 4. The molecule has 6 heteroatoms. The van der Waals surface area contributed by atoms with Gasteiger partial charge in [-0.25, -0.2) is 4.98 Å². The van der Waals surface area contributed by atoms with Gasteiger partial charge >= 0.3 is 0 Å². The van der Waals surface area contributed by atoms with Gasteiger partial charge < -0.3 is 5.32 Å². The second-order valence-corrected chi connectivity index (χ2v) is 8.53. The molecule has 1 aromatic carbocycles. The van der Waals surface area contributed by atoms with Gasteiger partial charge in [0.2, 0.25) is 5.91 Å². The largest absolute Gasteiger partial charge is 0.310 e. The molecule has 29 heavy (non-hydrogen) atoms. The Bertz CT molecular complexity index is 1040. The molecule has 0 bridgehead atoms. The molecule has 2 aliphatic rings. The molecule has 1 aromatic heterocycles. The van der Waals surface area contributed by atoms with Crippen LogP contribution >= 0.6 is 15.9 Å². The van der Waals surface area contributed by atoms with Gasteiger partial charge in [0.1, 0.15) is 5.82 Å². The van der Waals surface area contributed by atoms with Gasteiger partial charge in [0.15, 0.2) is 5.78 Å². The van der Waals surface area contributed by atoms with Crippen LogP contribution in [0.5, 0.6) is 0 Å². The first-order valence-corrected chi connectivity index (χ1v) is 10.5. The van der Waals surface area contributed by atoms with Crippen molar-refractivity contribution in [2.75, 3.05) is 5.32 Å². The van der Waals surface area contributed by atoms with E-state index >= 15 is 0 Å². The Balaban J connectivity index is 1.77. The fourth-order valence-electron chi connectivity index (χ4n) is 4.15. The van der Waals surface area contributed by atoms with Crippen LogP contribution < -0.4 is 5.32 Å². The number of Topliss-reactive ketones (excluding diaryl/α,β-unsaturated/α-hetero) is 1. The van der Waals surface area contributed by atoms with E-state index in [4.69, 9.17) is 4.99 Å². The van der Waals surface area contributed by atoms with Crippen LogP contribution in [0.2, 0.25) is 0 Å². The minimum atomic E-state index is -0.562. The Hall–Kier alpha value is -2.60. The number of hydrogen-bond donors (Lipinski definition) is 1. The lowest BCUT2D eigenvalue weighted by Gasteiger charge is -2.35. The summed E-state index contributed by atoms with van der Waals surface area (Å²) in [7, 11) is 0. The molecule has 2 heterocycles. The number of carbonyl (C=O) groups excluding carboxylic acids is 2. The quantitative estimate of drug-likeness (QED) is 0.715. The van der Waals surface area contributed by atoms with Crippen LogP contribution in [0.3, 0.4) is 0 Å². The normalized spacial score (nSPS) is 21.5. The van der Waals surface area contributed by atoms with Crippen molar-refractivity contribution in [3.05, 3.63) is 69.5 Å². The summed E-state index contributed by atoms with van der Waals surface area (Å²) in [6, 6.07) is 11.5. The van der Waals surface area contributed by atoms with Gasteiger partial charge in [-0.1, -0.05) is 34.1 Å². The molecular formula is C23H22BrN3O2. The Kier molecular flexibility index (Phi) is 5.46. The number of rotatable bonds is 3. The summed E-state index contributed by atoms with van der Waals surface area (Å²) in [5, 5.41) is 2.92. The van der Waals surface area contributed by atoms with Crippen molar-refractivity contribution < 1.29 is 9.59 Å². The standard InChI is InChI=1S/C23H22BrN3O2/c1-13-9-10-19(25-12-13)27-23(29)20-14(2)26-17-7-4-8-18(28)22(17)21(20)15-5-3-6-16(24)11-15/h3,5-6,9-12,20-21H,4,7-8H2,1-2H3,(H,25,27,29)/t20?,21-/m0/s1. The van der Waals surface area contributed by atoms with Crippen LogP contribution in [0.1, 0.15) is 43.2 Å². The van der Waals surface area contributed by atoms with Gasteiger partial charge in [-0.3, -0.25) is 14.6 Å². The maximum Gasteiger partial charge on any atom is 0.235 e. The predicted octanol–water partition coefficient (Wildman–Crippen LogP) is 4.97. The number of nitrogens with one attached hydrogen (secondary N) is 1. The molecule has 1 aliphatic heterocycles. The van der Waals surface area contributed by atoms with Gasteiger partial charge in [0, 0.05) is 40.0 Å². The lowest BCUT2D eigenvalue weighted by atomic mass is 9.71. The molecule has 2 atom stereocenters. The average Bonchev–Trinajstić information content (AvgIpc) is 2.69.